The smallest absolute Gasteiger partial charge is 0.340 e. The number of esters is 1. The van der Waals surface area contributed by atoms with Crippen LogP contribution in [0.3, 0.4) is 0 Å². The molecule has 0 aromatic heterocycles. The molecule has 3 aromatic rings. The molecule has 0 saturated heterocycles. The maximum atomic E-state index is 14.1. The molecule has 5 aliphatic heterocycles. The van der Waals surface area contributed by atoms with Crippen molar-refractivity contribution in [3.05, 3.63) is 81.7 Å². The van der Waals surface area contributed by atoms with Crippen LogP contribution in [-0.2, 0) is 30.4 Å². The molecular formula is C37H37Cl4N2O3S+. The Labute approximate surface area is 300 Å². The van der Waals surface area contributed by atoms with Crippen LogP contribution < -0.4 is 24.8 Å². The highest BCUT2D eigenvalue weighted by Crippen LogP contribution is 2.52. The van der Waals surface area contributed by atoms with Crippen molar-refractivity contribution in [1.82, 2.24) is 4.58 Å². The van der Waals surface area contributed by atoms with Gasteiger partial charge in [-0.25, -0.2) is 9.37 Å². The third kappa shape index (κ3) is 5.28. The standard InChI is InChI=1S/C37H36Cl4N2O3S/c38-29-27(28(30(39)32(41)31(29)40)37(44)45-16-2-1-3-17-47)26-24-18-20-8-4-12-42-14-6-10-22(33(20)42)35(24)46-36-23-11-7-15-43-13-5-9-21(34(23)43)19-25(26)36/h18-19H,1-17H2/p+1. The fraction of sp³-hybridized carbons (Fsp3) is 0.459. The van der Waals surface area contributed by atoms with Crippen molar-refractivity contribution >= 4 is 76.3 Å². The van der Waals surface area contributed by atoms with Gasteiger partial charge in [0.25, 0.3) is 0 Å². The number of thiol groups is 1. The first-order valence-electron chi connectivity index (χ1n) is 17.0. The maximum Gasteiger partial charge on any atom is 0.340 e. The second-order valence-corrected chi connectivity index (χ2v) is 15.2. The number of ether oxygens (including phenoxy) is 2. The van der Waals surface area contributed by atoms with E-state index in [9.17, 15) is 4.79 Å². The van der Waals surface area contributed by atoms with Crippen molar-refractivity contribution in [2.24, 2.45) is 0 Å². The lowest BCUT2D eigenvalue weighted by molar-refractivity contribution is 0.0498. The van der Waals surface area contributed by atoms with Crippen LogP contribution in [0.4, 0.5) is 5.69 Å². The van der Waals surface area contributed by atoms with Crippen LogP contribution in [0.1, 0.15) is 88.7 Å². The number of fused-ring (bicyclic) bond motifs is 4. The summed E-state index contributed by atoms with van der Waals surface area (Å²) in [6.45, 7) is 4.47. The molecule has 8 rings (SSSR count). The third-order valence-corrected chi connectivity index (χ3v) is 12.6. The van der Waals surface area contributed by atoms with E-state index < -0.39 is 5.97 Å². The maximum absolute atomic E-state index is 14.1. The minimum Gasteiger partial charge on any atom is -0.462 e. The Balaban J connectivity index is 1.46. The summed E-state index contributed by atoms with van der Waals surface area (Å²) in [5, 5.41) is 2.65. The number of rotatable bonds is 7. The molecule has 10 heteroatoms. The summed E-state index contributed by atoms with van der Waals surface area (Å²) in [4.78, 5) is 16.6. The van der Waals surface area contributed by atoms with Gasteiger partial charge in [0.15, 0.2) is 0 Å². The lowest BCUT2D eigenvalue weighted by atomic mass is 9.81. The molecule has 0 saturated carbocycles. The van der Waals surface area contributed by atoms with Gasteiger partial charge in [-0.05, 0) is 81.2 Å². The predicted octanol–water partition coefficient (Wildman–Crippen LogP) is 7.99. The molecule has 0 aliphatic carbocycles. The zero-order valence-electron chi connectivity index (χ0n) is 26.3. The van der Waals surface area contributed by atoms with E-state index in [1.807, 2.05) is 0 Å². The normalized spacial score (nSPS) is 17.4. The van der Waals surface area contributed by atoms with E-state index in [-0.39, 0.29) is 32.3 Å². The van der Waals surface area contributed by atoms with Crippen LogP contribution in [0.5, 0.6) is 11.5 Å². The van der Waals surface area contributed by atoms with Gasteiger partial charge in [-0.2, -0.15) is 12.6 Å². The Hall–Kier alpha value is -2.09. The molecule has 47 heavy (non-hydrogen) atoms. The number of carbonyl (C=O) groups is 1. The fourth-order valence-electron chi connectivity index (χ4n) is 8.47. The van der Waals surface area contributed by atoms with Crippen molar-refractivity contribution in [3.63, 3.8) is 0 Å². The van der Waals surface area contributed by atoms with E-state index in [0.29, 0.717) is 5.56 Å². The number of unbranched alkanes of at least 4 members (excludes halogenated alkanes) is 2. The van der Waals surface area contributed by atoms with Crippen LogP contribution in [0.15, 0.2) is 12.1 Å². The van der Waals surface area contributed by atoms with E-state index in [4.69, 9.17) is 55.9 Å². The van der Waals surface area contributed by atoms with Crippen LogP contribution >= 0.6 is 59.0 Å². The van der Waals surface area contributed by atoms with Gasteiger partial charge in [0.1, 0.15) is 24.6 Å². The Morgan fingerprint density at radius 3 is 2.36 bits per heavy atom. The summed E-state index contributed by atoms with van der Waals surface area (Å²) in [5.74, 6) is 1.94. The molecule has 0 N–H and O–H groups in total. The lowest BCUT2D eigenvalue weighted by Crippen LogP contribution is -2.45. The molecule has 3 aromatic carbocycles. The Morgan fingerprint density at radius 1 is 0.830 bits per heavy atom. The first-order valence-corrected chi connectivity index (χ1v) is 19.1. The Kier molecular flexibility index (Phi) is 8.88. The second kappa shape index (κ2) is 13.0. The van der Waals surface area contributed by atoms with E-state index >= 15 is 0 Å². The number of aryl methyl sites for hydroxylation is 2. The van der Waals surface area contributed by atoms with Gasteiger partial charge in [-0.3, -0.25) is 0 Å². The number of anilines is 1. The zero-order valence-corrected chi connectivity index (χ0v) is 30.2. The largest absolute Gasteiger partial charge is 0.462 e. The minimum absolute atomic E-state index is 0.0459. The van der Waals surface area contributed by atoms with Crippen molar-refractivity contribution in [2.75, 3.05) is 43.4 Å². The SMILES string of the molecule is O=C(OCCCCCS)c1c(Cl)c(Cl)c(Cl)c(Cl)c1C1=c2cc3c4c(c2Oc2c1cc1c5c2CCCN5CCC1)CCC[N+]=4CCC3. The monoisotopic (exact) mass is 729 g/mol. The zero-order chi connectivity index (χ0) is 32.4. The molecule has 0 bridgehead atoms. The highest BCUT2D eigenvalue weighted by molar-refractivity contribution is 7.80. The average Bonchev–Trinajstić information content (AvgIpc) is 3.09. The highest BCUT2D eigenvalue weighted by Gasteiger charge is 2.38. The van der Waals surface area contributed by atoms with Gasteiger partial charge in [-0.15, -0.1) is 0 Å². The molecule has 0 amide bonds. The predicted molar refractivity (Wildman–Crippen MR) is 195 cm³/mol. The molecular weight excluding hydrogens is 694 g/mol. The van der Waals surface area contributed by atoms with Crippen LogP contribution in [-0.4, -0.2) is 44.5 Å². The molecule has 246 valence electrons. The highest BCUT2D eigenvalue weighted by atomic mass is 35.5. The number of halogens is 4. The van der Waals surface area contributed by atoms with Gasteiger partial charge >= 0.3 is 5.97 Å². The summed E-state index contributed by atoms with van der Waals surface area (Å²) < 4.78 is 15.6. The van der Waals surface area contributed by atoms with Crippen molar-refractivity contribution < 1.29 is 14.3 Å². The van der Waals surface area contributed by atoms with Crippen LogP contribution in [0.2, 0.25) is 20.1 Å². The van der Waals surface area contributed by atoms with E-state index in [1.54, 1.807) is 0 Å². The summed E-state index contributed by atoms with van der Waals surface area (Å²) in [6, 6.07) is 4.53. The molecule has 5 nitrogen and oxygen atoms in total. The minimum atomic E-state index is -0.561. The first kappa shape index (κ1) is 32.1. The van der Waals surface area contributed by atoms with Gasteiger partial charge in [0, 0.05) is 64.7 Å². The quantitative estimate of drug-likeness (QED) is 0.0523. The first-order chi connectivity index (χ1) is 22.9. The van der Waals surface area contributed by atoms with Crippen LogP contribution in [0, 0.1) is 0 Å². The third-order valence-electron chi connectivity index (χ3n) is 10.4. The van der Waals surface area contributed by atoms with E-state index in [0.717, 1.165) is 130 Å². The molecule has 0 atom stereocenters. The molecule has 0 radical (unpaired) electrons. The topological polar surface area (TPSA) is 41.8 Å². The summed E-state index contributed by atoms with van der Waals surface area (Å²) in [7, 11) is 0. The van der Waals surface area contributed by atoms with E-state index in [2.05, 4.69) is 34.2 Å². The molecule has 0 unspecified atom stereocenters. The number of benzene rings is 3. The second-order valence-electron chi connectivity index (χ2n) is 13.3. The average molecular weight is 732 g/mol. The van der Waals surface area contributed by atoms with Gasteiger partial charge < -0.3 is 14.4 Å². The van der Waals surface area contributed by atoms with Crippen LogP contribution in [0.25, 0.3) is 5.57 Å². The fourth-order valence-corrected chi connectivity index (χ4v) is 9.72. The Morgan fingerprint density at radius 2 is 1.55 bits per heavy atom. The molecule has 5 heterocycles. The lowest BCUT2D eigenvalue weighted by Gasteiger charge is -2.39. The Bertz CT molecular complexity index is 1970. The molecule has 0 spiro atoms. The number of hydrogen-bond donors (Lipinski definition) is 1. The summed E-state index contributed by atoms with van der Waals surface area (Å²) in [6.07, 6.45) is 10.7. The number of hydrogen-bond acceptors (Lipinski definition) is 5. The summed E-state index contributed by atoms with van der Waals surface area (Å²) >= 11 is 32.0. The number of nitrogens with zero attached hydrogens (tertiary/aromatic N) is 2. The van der Waals surface area contributed by atoms with Crippen molar-refractivity contribution in [3.8, 4) is 11.5 Å². The van der Waals surface area contributed by atoms with E-state index in [1.165, 1.54) is 33.3 Å². The van der Waals surface area contributed by atoms with Gasteiger partial charge in [0.2, 0.25) is 5.36 Å². The molecule has 0 fully saturated rings. The van der Waals surface area contributed by atoms with Gasteiger partial charge in [-0.1, -0.05) is 46.4 Å². The van der Waals surface area contributed by atoms with Crippen molar-refractivity contribution in [1.29, 1.82) is 0 Å². The summed E-state index contributed by atoms with van der Waals surface area (Å²) in [5.41, 5.74) is 8.74. The van der Waals surface area contributed by atoms with Crippen molar-refractivity contribution in [2.45, 2.75) is 70.6 Å². The van der Waals surface area contributed by atoms with Gasteiger partial charge in [0.05, 0.1) is 37.8 Å². The number of carbonyl (C=O) groups excluding carboxylic acids is 1. The molecule has 5 aliphatic rings.